The summed E-state index contributed by atoms with van der Waals surface area (Å²) in [6.07, 6.45) is 1.32. The quantitative estimate of drug-likeness (QED) is 0.443. The van der Waals surface area contributed by atoms with Crippen LogP contribution >= 0.6 is 0 Å². The molecule has 0 fully saturated rings. The van der Waals surface area contributed by atoms with Crippen molar-refractivity contribution in [3.05, 3.63) is 0 Å². The van der Waals surface area contributed by atoms with Crippen LogP contribution in [-0.2, 0) is 20.4 Å². The summed E-state index contributed by atoms with van der Waals surface area (Å²) in [4.78, 5) is 0. The average molecular weight is 105 g/mol. The van der Waals surface area contributed by atoms with Crippen LogP contribution in [0.4, 0.5) is 0 Å². The first-order chi connectivity index (χ1) is 1.91. The summed E-state index contributed by atoms with van der Waals surface area (Å²) in [6, 6.07) is 0. The molecule has 0 aliphatic heterocycles. The molecule has 0 saturated carbocycles. The van der Waals surface area contributed by atoms with Gasteiger partial charge in [0.15, 0.2) is 0 Å². The third-order valence-corrected chi connectivity index (χ3v) is 1.03. The maximum absolute atomic E-state index is 2.18. The van der Waals surface area contributed by atoms with Crippen molar-refractivity contribution >= 4 is 0 Å². The zero-order valence-corrected chi connectivity index (χ0v) is 4.92. The largest absolute Gasteiger partial charge is 0 e. The molecule has 0 bridgehead atoms. The summed E-state index contributed by atoms with van der Waals surface area (Å²) >= 11 is 2.18. The third-order valence-electron chi connectivity index (χ3n) is 0.250. The molecule has 0 aliphatic rings. The molecule has 0 saturated heterocycles. The van der Waals surface area contributed by atoms with Crippen molar-refractivity contribution in [3.63, 3.8) is 0 Å². The summed E-state index contributed by atoms with van der Waals surface area (Å²) < 4.78 is 1.32. The molecule has 0 aromatic rings. The van der Waals surface area contributed by atoms with Crippen LogP contribution in [0.25, 0.3) is 0 Å². The molecular weight excluding hydrogens is 97.9 g/mol. The van der Waals surface area contributed by atoms with Crippen LogP contribution < -0.4 is 6.15 Å². The average Bonchev–Trinajstić information content (AvgIpc) is 1.37. The maximum atomic E-state index is 2.18. The van der Waals surface area contributed by atoms with Crippen LogP contribution in [-0.4, -0.2) is 0 Å². The van der Waals surface area contributed by atoms with Crippen molar-refractivity contribution in [2.45, 2.75) is 18.1 Å². The van der Waals surface area contributed by atoms with Crippen LogP contribution in [0.2, 0.25) is 4.73 Å². The van der Waals surface area contributed by atoms with E-state index >= 15 is 0 Å². The van der Waals surface area contributed by atoms with E-state index in [0.717, 1.165) is 0 Å². The molecule has 0 aliphatic carbocycles. The molecule has 2 heteroatoms. The van der Waals surface area contributed by atoms with Gasteiger partial charge >= 0.3 is 38.5 Å². The Morgan fingerprint density at radius 1 is 1.60 bits per heavy atom. The molecule has 0 rings (SSSR count). The van der Waals surface area contributed by atoms with Crippen LogP contribution in [0.5, 0.6) is 0 Å². The van der Waals surface area contributed by atoms with Crippen molar-refractivity contribution in [1.82, 2.24) is 6.15 Å². The monoisotopic (exact) mass is 105 g/mol. The summed E-state index contributed by atoms with van der Waals surface area (Å²) in [7, 11) is 0. The van der Waals surface area contributed by atoms with E-state index in [-0.39, 0.29) is 6.15 Å². The first-order valence-corrected chi connectivity index (χ1v) is 2.66. The minimum Gasteiger partial charge on any atom is 0 e. The van der Waals surface area contributed by atoms with E-state index in [1.807, 2.05) is 0 Å². The van der Waals surface area contributed by atoms with Crippen LogP contribution in [0.1, 0.15) is 13.3 Å². The SMILES string of the molecule is CC[CH2][Ti].[N]. The van der Waals surface area contributed by atoms with E-state index in [1.54, 1.807) is 0 Å². The summed E-state index contributed by atoms with van der Waals surface area (Å²) in [5, 5.41) is 0. The molecule has 0 N–H and O–H groups in total. The number of rotatable bonds is 1. The normalized spacial score (nSPS) is 5.60. The molecule has 0 atom stereocenters. The molecule has 0 aromatic carbocycles. The number of nitrogens with zero attached hydrogens (tertiary/aromatic N) is 1. The minimum atomic E-state index is 0. The van der Waals surface area contributed by atoms with Gasteiger partial charge in [-0.2, -0.15) is 0 Å². The van der Waals surface area contributed by atoms with Gasteiger partial charge in [0.25, 0.3) is 0 Å². The van der Waals surface area contributed by atoms with Gasteiger partial charge < -0.3 is 0 Å². The smallest absolute Gasteiger partial charge is 0 e. The number of hydrogen-bond donors (Lipinski definition) is 0. The Bertz CT molecular complexity index is 8.85. The van der Waals surface area contributed by atoms with Crippen molar-refractivity contribution < 1.29 is 20.4 Å². The zero-order chi connectivity index (χ0) is 3.41. The van der Waals surface area contributed by atoms with E-state index in [9.17, 15) is 0 Å². The summed E-state index contributed by atoms with van der Waals surface area (Å²) in [5.74, 6) is 0. The molecule has 0 aromatic heterocycles. The Kier molecular flexibility index (Phi) is 16.2. The fraction of sp³-hybridized carbons (Fsp3) is 1.00. The van der Waals surface area contributed by atoms with Crippen molar-refractivity contribution in [2.24, 2.45) is 0 Å². The van der Waals surface area contributed by atoms with E-state index in [0.29, 0.717) is 0 Å². The van der Waals surface area contributed by atoms with E-state index < -0.39 is 0 Å². The third kappa shape index (κ3) is 11.9. The Labute approximate surface area is 45.1 Å². The second-order valence-corrected chi connectivity index (χ2v) is 1.53. The fourth-order valence-corrected chi connectivity index (χ4v) is 0. The first-order valence-electron chi connectivity index (χ1n) is 1.56. The van der Waals surface area contributed by atoms with E-state index in [2.05, 4.69) is 27.4 Å². The van der Waals surface area contributed by atoms with Gasteiger partial charge in [-0.05, 0) is 0 Å². The summed E-state index contributed by atoms with van der Waals surface area (Å²) in [5.41, 5.74) is 0. The molecule has 5 heavy (non-hydrogen) atoms. The van der Waals surface area contributed by atoms with Crippen LogP contribution in [0.3, 0.4) is 0 Å². The Balaban J connectivity index is 0. The van der Waals surface area contributed by atoms with Gasteiger partial charge in [0.2, 0.25) is 0 Å². The number of hydrogen-bond acceptors (Lipinski definition) is 0. The van der Waals surface area contributed by atoms with Crippen LogP contribution in [0, 0.1) is 0 Å². The van der Waals surface area contributed by atoms with Crippen molar-refractivity contribution in [3.8, 4) is 0 Å². The molecule has 1 nitrogen and oxygen atoms in total. The van der Waals surface area contributed by atoms with E-state index in [4.69, 9.17) is 0 Å². The Morgan fingerprint density at radius 2 is 1.80 bits per heavy atom. The van der Waals surface area contributed by atoms with Crippen molar-refractivity contribution in [2.75, 3.05) is 0 Å². The molecule has 0 amide bonds. The second kappa shape index (κ2) is 8.82. The molecule has 0 unspecified atom stereocenters. The molecule has 0 spiro atoms. The topological polar surface area (TPSA) is 30.5 Å². The van der Waals surface area contributed by atoms with Gasteiger partial charge in [-0.1, -0.05) is 0 Å². The first kappa shape index (κ1) is 9.18. The minimum absolute atomic E-state index is 0. The van der Waals surface area contributed by atoms with Gasteiger partial charge in [0, 0.05) is 6.15 Å². The second-order valence-electron chi connectivity index (χ2n) is 0.750. The zero-order valence-electron chi connectivity index (χ0n) is 3.36. The van der Waals surface area contributed by atoms with Crippen molar-refractivity contribution in [1.29, 1.82) is 0 Å². The summed E-state index contributed by atoms with van der Waals surface area (Å²) in [6.45, 7) is 2.18. The predicted octanol–water partition coefficient (Wildman–Crippen LogP) is 0.881. The molecular formula is C3H7NTi. The van der Waals surface area contributed by atoms with Crippen LogP contribution in [0.15, 0.2) is 0 Å². The standard InChI is InChI=1S/C3H7.N.Ti/c1-3-2;;/h1,3H2,2H3;;. The molecule has 3 radical (unpaired) electrons. The van der Waals surface area contributed by atoms with Gasteiger partial charge in [0.05, 0.1) is 0 Å². The van der Waals surface area contributed by atoms with Gasteiger partial charge in [-0.25, -0.2) is 0 Å². The van der Waals surface area contributed by atoms with Gasteiger partial charge in [-0.15, -0.1) is 0 Å². The van der Waals surface area contributed by atoms with Gasteiger partial charge in [0.1, 0.15) is 0 Å². The molecule has 0 heterocycles. The fourth-order valence-electron chi connectivity index (χ4n) is 0. The van der Waals surface area contributed by atoms with Gasteiger partial charge in [-0.3, -0.25) is 0 Å². The van der Waals surface area contributed by atoms with E-state index in [1.165, 1.54) is 11.1 Å². The molecule has 28 valence electrons. The maximum Gasteiger partial charge on any atom is 0 e. The Hall–Kier alpha value is 0.674. The predicted molar refractivity (Wildman–Crippen MR) is 17.2 cm³/mol. The Morgan fingerprint density at radius 3 is 1.80 bits per heavy atom.